The number of hydrogen-bond acceptors (Lipinski definition) is 2. The molecule has 2 N–H and O–H groups in total. The molecule has 0 saturated carbocycles. The van der Waals surface area contributed by atoms with Crippen LogP contribution in [0.25, 0.3) is 11.0 Å². The molecule has 23 heavy (non-hydrogen) atoms. The smallest absolute Gasteiger partial charge is 0.322 e. The molecule has 0 spiro atoms. The minimum atomic E-state index is -0.248. The van der Waals surface area contributed by atoms with Gasteiger partial charge in [0.05, 0.1) is 28.8 Å². The third kappa shape index (κ3) is 2.40. The average Bonchev–Trinajstić information content (AvgIpc) is 3.13. The second kappa shape index (κ2) is 5.58. The van der Waals surface area contributed by atoms with E-state index in [9.17, 15) is 4.79 Å². The Morgan fingerprint density at radius 1 is 1.35 bits per heavy atom. The molecule has 1 aliphatic carbocycles. The predicted octanol–water partition coefficient (Wildman–Crippen LogP) is 3.38. The number of nitrogens with one attached hydrogen (secondary N) is 2. The van der Waals surface area contributed by atoms with Crippen molar-refractivity contribution in [1.29, 1.82) is 0 Å². The number of aromatic amines is 1. The first-order valence-corrected chi connectivity index (χ1v) is 8.15. The first-order valence-electron chi connectivity index (χ1n) is 7.33. The molecule has 1 saturated heterocycles. The molecule has 3 atom stereocenters. The summed E-state index contributed by atoms with van der Waals surface area (Å²) in [5, 5.41) is 3.31. The van der Waals surface area contributed by atoms with Crippen LogP contribution in [0.3, 0.4) is 0 Å². The van der Waals surface area contributed by atoms with Crippen molar-refractivity contribution in [2.24, 2.45) is 5.92 Å². The zero-order valence-corrected chi connectivity index (χ0v) is 13.6. The topological polar surface area (TPSA) is 61.0 Å². The van der Waals surface area contributed by atoms with Crippen molar-refractivity contribution >= 4 is 46.0 Å². The first-order chi connectivity index (χ1) is 11.1. The molecule has 5 nitrogen and oxygen atoms in total. The summed E-state index contributed by atoms with van der Waals surface area (Å²) in [6, 6.07) is 5.42. The number of anilines is 1. The van der Waals surface area contributed by atoms with E-state index in [0.717, 1.165) is 16.7 Å². The molecule has 1 aromatic heterocycles. The Labute approximate surface area is 143 Å². The van der Waals surface area contributed by atoms with Crippen LogP contribution in [0.15, 0.2) is 47.8 Å². The van der Waals surface area contributed by atoms with E-state index < -0.39 is 0 Å². The number of H-pyrrole nitrogens is 1. The number of urea groups is 1. The molecular weight excluding hydrogens is 335 g/mol. The number of imidazole rings is 1. The maximum atomic E-state index is 12.4. The summed E-state index contributed by atoms with van der Waals surface area (Å²) in [5.41, 5.74) is 2.53. The van der Waals surface area contributed by atoms with Gasteiger partial charge in [-0.2, -0.15) is 0 Å². The van der Waals surface area contributed by atoms with E-state index in [2.05, 4.69) is 15.3 Å². The first kappa shape index (κ1) is 14.6. The van der Waals surface area contributed by atoms with Gasteiger partial charge in [-0.25, -0.2) is 9.78 Å². The molecule has 118 valence electrons. The van der Waals surface area contributed by atoms with Gasteiger partial charge in [0.2, 0.25) is 0 Å². The summed E-state index contributed by atoms with van der Waals surface area (Å²) in [6.45, 7) is 0.503. The van der Waals surface area contributed by atoms with Crippen molar-refractivity contribution in [1.82, 2.24) is 15.3 Å². The molecule has 2 aromatic rings. The van der Waals surface area contributed by atoms with Gasteiger partial charge in [0.1, 0.15) is 0 Å². The van der Waals surface area contributed by atoms with E-state index in [4.69, 9.17) is 23.2 Å². The average molecular weight is 349 g/mol. The molecule has 4 rings (SSSR count). The van der Waals surface area contributed by atoms with Gasteiger partial charge in [-0.1, -0.05) is 23.8 Å². The molecule has 2 heterocycles. The Morgan fingerprint density at radius 3 is 3.04 bits per heavy atom. The van der Waals surface area contributed by atoms with E-state index in [1.54, 1.807) is 11.2 Å². The van der Waals surface area contributed by atoms with Gasteiger partial charge in [-0.3, -0.25) is 4.90 Å². The highest BCUT2D eigenvalue weighted by atomic mass is 35.5. The number of fused-ring (bicyclic) bond motifs is 1. The number of aromatic nitrogens is 2. The standard InChI is InChI=1S/C16H14Cl2N4O/c17-10-2-1-3-11(18)15(10)14-7-19-16(23)22(14)9-4-5-12-13(6-9)21-8-20-12/h1-6,8,10,14-15H,7H2,(H,19,23)(H,20,21). The number of nitrogens with zero attached hydrogens (tertiary/aromatic N) is 2. The number of allylic oxidation sites excluding steroid dienone is 3. The summed E-state index contributed by atoms with van der Waals surface area (Å²) in [5.74, 6) is -0.142. The van der Waals surface area contributed by atoms with E-state index in [0.29, 0.717) is 11.6 Å². The van der Waals surface area contributed by atoms with Crippen LogP contribution in [0.2, 0.25) is 0 Å². The van der Waals surface area contributed by atoms with Crippen molar-refractivity contribution in [2.75, 3.05) is 11.4 Å². The Kier molecular flexibility index (Phi) is 3.54. The minimum Gasteiger partial charge on any atom is -0.345 e. The fourth-order valence-corrected chi connectivity index (χ4v) is 4.02. The fraction of sp³-hybridized carbons (Fsp3) is 0.250. The van der Waals surface area contributed by atoms with Gasteiger partial charge in [0.15, 0.2) is 0 Å². The zero-order valence-electron chi connectivity index (χ0n) is 12.0. The SMILES string of the molecule is O=C1NCC(C2C(Cl)=CC=CC2Cl)N1c1ccc2[nH]cnc2c1. The molecular formula is C16H14Cl2N4O. The van der Waals surface area contributed by atoms with Gasteiger partial charge >= 0.3 is 6.03 Å². The van der Waals surface area contributed by atoms with E-state index in [-0.39, 0.29) is 23.4 Å². The molecule has 0 bridgehead atoms. The molecule has 0 radical (unpaired) electrons. The molecule has 1 fully saturated rings. The van der Waals surface area contributed by atoms with Crippen molar-refractivity contribution in [3.05, 3.63) is 47.8 Å². The third-order valence-electron chi connectivity index (χ3n) is 4.32. The second-order valence-corrected chi connectivity index (χ2v) is 6.57. The number of alkyl halides is 1. The normalized spacial score (nSPS) is 27.4. The third-order valence-corrected chi connectivity index (χ3v) is 5.12. The van der Waals surface area contributed by atoms with Crippen molar-refractivity contribution in [2.45, 2.75) is 11.4 Å². The summed E-state index contributed by atoms with van der Waals surface area (Å²) < 4.78 is 0. The fourth-order valence-electron chi connectivity index (χ4n) is 3.22. The number of rotatable bonds is 2. The molecule has 3 unspecified atom stereocenters. The lowest BCUT2D eigenvalue weighted by atomic mass is 9.91. The van der Waals surface area contributed by atoms with Crippen LogP contribution in [0, 0.1) is 5.92 Å². The monoisotopic (exact) mass is 348 g/mol. The lowest BCUT2D eigenvalue weighted by molar-refractivity contribution is 0.251. The number of amides is 2. The molecule has 2 aliphatic rings. The second-order valence-electron chi connectivity index (χ2n) is 5.63. The summed E-state index contributed by atoms with van der Waals surface area (Å²) >= 11 is 12.8. The predicted molar refractivity (Wildman–Crippen MR) is 92.0 cm³/mol. The quantitative estimate of drug-likeness (QED) is 0.817. The number of carbonyl (C=O) groups excluding carboxylic acids is 1. The van der Waals surface area contributed by atoms with Gasteiger partial charge in [-0.05, 0) is 24.3 Å². The van der Waals surface area contributed by atoms with Gasteiger partial charge in [0.25, 0.3) is 0 Å². The minimum absolute atomic E-state index is 0.142. The summed E-state index contributed by atoms with van der Waals surface area (Å²) in [6.07, 6.45) is 7.22. The Balaban J connectivity index is 1.74. The highest BCUT2D eigenvalue weighted by Gasteiger charge is 2.41. The van der Waals surface area contributed by atoms with E-state index in [1.807, 2.05) is 36.4 Å². The Hall–Kier alpha value is -1.98. The lowest BCUT2D eigenvalue weighted by Gasteiger charge is -2.33. The summed E-state index contributed by atoms with van der Waals surface area (Å²) in [4.78, 5) is 21.4. The highest BCUT2D eigenvalue weighted by Crippen LogP contribution is 2.36. The maximum absolute atomic E-state index is 12.4. The number of benzene rings is 1. The maximum Gasteiger partial charge on any atom is 0.322 e. The van der Waals surface area contributed by atoms with Crippen LogP contribution in [0.1, 0.15) is 0 Å². The van der Waals surface area contributed by atoms with Crippen LogP contribution >= 0.6 is 23.2 Å². The van der Waals surface area contributed by atoms with Crippen LogP contribution in [0.5, 0.6) is 0 Å². The number of hydrogen-bond donors (Lipinski definition) is 2. The van der Waals surface area contributed by atoms with Crippen LogP contribution in [-0.4, -0.2) is 34.0 Å². The molecule has 1 aromatic carbocycles. The largest absolute Gasteiger partial charge is 0.345 e. The number of halogens is 2. The van der Waals surface area contributed by atoms with Crippen molar-refractivity contribution < 1.29 is 4.79 Å². The van der Waals surface area contributed by atoms with Crippen LogP contribution in [-0.2, 0) is 0 Å². The molecule has 2 amide bonds. The van der Waals surface area contributed by atoms with Gasteiger partial charge in [0, 0.05) is 23.2 Å². The van der Waals surface area contributed by atoms with Crippen LogP contribution < -0.4 is 10.2 Å². The van der Waals surface area contributed by atoms with Gasteiger partial charge in [-0.15, -0.1) is 11.6 Å². The highest BCUT2D eigenvalue weighted by molar-refractivity contribution is 6.32. The Morgan fingerprint density at radius 2 is 2.22 bits per heavy atom. The lowest BCUT2D eigenvalue weighted by Crippen LogP contribution is -2.43. The Bertz CT molecular complexity index is 828. The molecule has 7 heteroatoms. The van der Waals surface area contributed by atoms with E-state index in [1.165, 1.54) is 0 Å². The number of carbonyl (C=O) groups is 1. The van der Waals surface area contributed by atoms with Crippen molar-refractivity contribution in [3.8, 4) is 0 Å². The van der Waals surface area contributed by atoms with Crippen LogP contribution in [0.4, 0.5) is 10.5 Å². The van der Waals surface area contributed by atoms with Gasteiger partial charge < -0.3 is 10.3 Å². The molecule has 1 aliphatic heterocycles. The zero-order chi connectivity index (χ0) is 16.0. The van der Waals surface area contributed by atoms with Crippen molar-refractivity contribution in [3.63, 3.8) is 0 Å². The summed E-state index contributed by atoms with van der Waals surface area (Å²) in [7, 11) is 0. The van der Waals surface area contributed by atoms with E-state index >= 15 is 0 Å².